The van der Waals surface area contributed by atoms with Crippen molar-refractivity contribution in [3.05, 3.63) is 59.8 Å². The fourth-order valence-electron chi connectivity index (χ4n) is 2.61. The number of carbonyl (C=O) groups is 2. The highest BCUT2D eigenvalue weighted by molar-refractivity contribution is 6.04. The number of rotatable bonds is 4. The van der Waals surface area contributed by atoms with Crippen LogP contribution in [-0.2, 0) is 11.2 Å². The van der Waals surface area contributed by atoms with Crippen LogP contribution < -0.4 is 10.6 Å². The average Bonchev–Trinajstić information content (AvgIpc) is 2.97. The highest BCUT2D eigenvalue weighted by atomic mass is 16.5. The molecule has 2 N–H and O–H groups in total. The van der Waals surface area contributed by atoms with Crippen LogP contribution in [0.4, 0.5) is 5.69 Å². The van der Waals surface area contributed by atoms with E-state index in [0.717, 1.165) is 5.39 Å². The molecule has 1 heterocycles. The molecule has 26 heavy (non-hydrogen) atoms. The number of carbonyl (C=O) groups excluding carboxylic acids is 2. The second-order valence-corrected chi connectivity index (χ2v) is 7.10. The maximum Gasteiger partial charge on any atom is 0.253 e. The second-order valence-electron chi connectivity index (χ2n) is 7.10. The number of anilines is 1. The first kappa shape index (κ1) is 17.7. The Bertz CT molecular complexity index is 954. The molecule has 0 unspecified atom stereocenters. The number of hydrogen-bond donors (Lipinski definition) is 2. The van der Waals surface area contributed by atoms with Gasteiger partial charge in [0.2, 0.25) is 5.91 Å². The van der Waals surface area contributed by atoms with Crippen molar-refractivity contribution in [3.63, 3.8) is 0 Å². The molecule has 6 nitrogen and oxygen atoms in total. The van der Waals surface area contributed by atoms with Gasteiger partial charge < -0.3 is 15.2 Å². The summed E-state index contributed by atoms with van der Waals surface area (Å²) in [6.07, 6.45) is 0.0617. The van der Waals surface area contributed by atoms with Crippen molar-refractivity contribution in [2.45, 2.75) is 32.7 Å². The first-order valence-electron chi connectivity index (χ1n) is 8.38. The van der Waals surface area contributed by atoms with E-state index in [2.05, 4.69) is 15.8 Å². The first-order valence-corrected chi connectivity index (χ1v) is 8.38. The van der Waals surface area contributed by atoms with Crippen molar-refractivity contribution >= 4 is 28.5 Å². The minimum atomic E-state index is -0.367. The molecule has 2 amide bonds. The lowest BCUT2D eigenvalue weighted by molar-refractivity contribution is -0.115. The van der Waals surface area contributed by atoms with E-state index in [1.54, 1.807) is 30.3 Å². The molecule has 0 saturated heterocycles. The van der Waals surface area contributed by atoms with E-state index in [1.165, 1.54) is 0 Å². The largest absolute Gasteiger partial charge is 0.356 e. The van der Waals surface area contributed by atoms with Gasteiger partial charge in [-0.05, 0) is 45.0 Å². The van der Waals surface area contributed by atoms with Crippen molar-refractivity contribution in [1.29, 1.82) is 0 Å². The van der Waals surface area contributed by atoms with E-state index in [9.17, 15) is 9.59 Å². The van der Waals surface area contributed by atoms with Crippen LogP contribution in [0.5, 0.6) is 0 Å². The Morgan fingerprint density at radius 1 is 1.04 bits per heavy atom. The molecule has 0 atom stereocenters. The third-order valence-electron chi connectivity index (χ3n) is 3.71. The summed E-state index contributed by atoms with van der Waals surface area (Å²) < 4.78 is 5.22. The van der Waals surface area contributed by atoms with Crippen LogP contribution in [0.2, 0.25) is 0 Å². The van der Waals surface area contributed by atoms with Crippen LogP contribution in [0.25, 0.3) is 11.0 Å². The molecule has 0 aliphatic carbocycles. The van der Waals surface area contributed by atoms with Gasteiger partial charge in [0.25, 0.3) is 5.91 Å². The fourth-order valence-corrected chi connectivity index (χ4v) is 2.61. The summed E-state index contributed by atoms with van der Waals surface area (Å²) in [5.41, 5.74) is 1.72. The van der Waals surface area contributed by atoms with E-state index in [-0.39, 0.29) is 23.8 Å². The predicted octanol–water partition coefficient (Wildman–Crippen LogP) is 3.54. The number of hydrogen-bond acceptors (Lipinski definition) is 4. The lowest BCUT2D eigenvalue weighted by atomic mass is 10.1. The number of benzene rings is 2. The molecule has 0 bridgehead atoms. The van der Waals surface area contributed by atoms with Gasteiger partial charge in [0.15, 0.2) is 5.58 Å². The maximum absolute atomic E-state index is 12.5. The van der Waals surface area contributed by atoms with Gasteiger partial charge >= 0.3 is 0 Å². The van der Waals surface area contributed by atoms with Crippen LogP contribution in [-0.4, -0.2) is 22.5 Å². The number of nitrogens with zero attached hydrogens (tertiary/aromatic N) is 1. The Kier molecular flexibility index (Phi) is 4.75. The van der Waals surface area contributed by atoms with E-state index >= 15 is 0 Å². The predicted molar refractivity (Wildman–Crippen MR) is 100 cm³/mol. The molecule has 1 aromatic heterocycles. The SMILES string of the molecule is CC(C)(C)NC(=O)c1ccccc1NC(=O)Cc1noc2ccccc12. The number of nitrogens with one attached hydrogen (secondary N) is 2. The van der Waals surface area contributed by atoms with Gasteiger partial charge in [0.05, 0.1) is 17.7 Å². The normalized spacial score (nSPS) is 11.3. The molecule has 0 aliphatic heterocycles. The van der Waals surface area contributed by atoms with Crippen molar-refractivity contribution < 1.29 is 14.1 Å². The maximum atomic E-state index is 12.5. The molecule has 134 valence electrons. The third kappa shape index (κ3) is 4.08. The Balaban J connectivity index is 1.76. The quantitative estimate of drug-likeness (QED) is 0.753. The topological polar surface area (TPSA) is 84.2 Å². The summed E-state index contributed by atoms with van der Waals surface area (Å²) in [5, 5.41) is 10.5. The fraction of sp³-hybridized carbons (Fsp3) is 0.250. The molecule has 2 aromatic carbocycles. The molecule has 3 rings (SSSR count). The summed E-state index contributed by atoms with van der Waals surface area (Å²) in [4.78, 5) is 24.9. The summed E-state index contributed by atoms with van der Waals surface area (Å²) in [6, 6.07) is 14.3. The number of para-hydroxylation sites is 2. The van der Waals surface area contributed by atoms with Gasteiger partial charge in [-0.25, -0.2) is 0 Å². The first-order chi connectivity index (χ1) is 12.3. The van der Waals surface area contributed by atoms with Crippen molar-refractivity contribution in [3.8, 4) is 0 Å². The zero-order chi connectivity index (χ0) is 18.7. The van der Waals surface area contributed by atoms with Gasteiger partial charge in [-0.15, -0.1) is 0 Å². The van der Waals surface area contributed by atoms with Crippen LogP contribution in [0.3, 0.4) is 0 Å². The molecular formula is C20H21N3O3. The van der Waals surface area contributed by atoms with Crippen LogP contribution >= 0.6 is 0 Å². The molecule has 0 aliphatic rings. The van der Waals surface area contributed by atoms with E-state index in [0.29, 0.717) is 22.5 Å². The summed E-state index contributed by atoms with van der Waals surface area (Å²) in [6.45, 7) is 5.71. The van der Waals surface area contributed by atoms with Crippen molar-refractivity contribution in [1.82, 2.24) is 10.5 Å². The minimum absolute atomic E-state index is 0.0617. The Morgan fingerprint density at radius 2 is 1.73 bits per heavy atom. The van der Waals surface area contributed by atoms with Gasteiger partial charge in [-0.3, -0.25) is 9.59 Å². The van der Waals surface area contributed by atoms with Gasteiger partial charge in [0, 0.05) is 10.9 Å². The lowest BCUT2D eigenvalue weighted by Gasteiger charge is -2.21. The Hall–Kier alpha value is -3.15. The Labute approximate surface area is 151 Å². The molecule has 0 spiro atoms. The number of fused-ring (bicyclic) bond motifs is 1. The highest BCUT2D eigenvalue weighted by Crippen LogP contribution is 2.20. The monoisotopic (exact) mass is 351 g/mol. The molecule has 0 saturated carbocycles. The van der Waals surface area contributed by atoms with Gasteiger partial charge in [-0.2, -0.15) is 0 Å². The smallest absolute Gasteiger partial charge is 0.253 e. The average molecular weight is 351 g/mol. The van der Waals surface area contributed by atoms with E-state index < -0.39 is 0 Å². The van der Waals surface area contributed by atoms with Crippen LogP contribution in [0.1, 0.15) is 36.8 Å². The molecular weight excluding hydrogens is 330 g/mol. The summed E-state index contributed by atoms with van der Waals surface area (Å²) in [5.74, 6) is -0.500. The van der Waals surface area contributed by atoms with Crippen LogP contribution in [0, 0.1) is 0 Å². The highest BCUT2D eigenvalue weighted by Gasteiger charge is 2.19. The van der Waals surface area contributed by atoms with Crippen LogP contribution in [0.15, 0.2) is 53.1 Å². The molecule has 6 heteroatoms. The number of aromatic nitrogens is 1. The Morgan fingerprint density at radius 3 is 2.50 bits per heavy atom. The molecule has 0 fully saturated rings. The minimum Gasteiger partial charge on any atom is -0.356 e. The van der Waals surface area contributed by atoms with E-state index in [1.807, 2.05) is 39.0 Å². The molecule has 0 radical (unpaired) electrons. The van der Waals surface area contributed by atoms with Crippen molar-refractivity contribution in [2.24, 2.45) is 0 Å². The standard InChI is InChI=1S/C20H21N3O3/c1-20(2,3)22-19(25)14-9-4-6-10-15(14)21-18(24)12-16-13-8-5-7-11-17(13)26-23-16/h4-11H,12H2,1-3H3,(H,21,24)(H,22,25). The van der Waals surface area contributed by atoms with Gasteiger partial charge in [-0.1, -0.05) is 29.4 Å². The summed E-state index contributed by atoms with van der Waals surface area (Å²) in [7, 11) is 0. The zero-order valence-corrected chi connectivity index (χ0v) is 15.0. The van der Waals surface area contributed by atoms with Gasteiger partial charge in [0.1, 0.15) is 5.69 Å². The summed E-state index contributed by atoms with van der Waals surface area (Å²) >= 11 is 0. The third-order valence-corrected chi connectivity index (χ3v) is 3.71. The number of amides is 2. The van der Waals surface area contributed by atoms with E-state index in [4.69, 9.17) is 4.52 Å². The molecule has 3 aromatic rings. The lowest BCUT2D eigenvalue weighted by Crippen LogP contribution is -2.40. The zero-order valence-electron chi connectivity index (χ0n) is 15.0. The van der Waals surface area contributed by atoms with Crippen molar-refractivity contribution in [2.75, 3.05) is 5.32 Å². The second kappa shape index (κ2) is 7.00.